The second-order valence-electron chi connectivity index (χ2n) is 14.4. The summed E-state index contributed by atoms with van der Waals surface area (Å²) >= 11 is 0. The molecule has 0 radical (unpaired) electrons. The van der Waals surface area contributed by atoms with Crippen LogP contribution in [-0.2, 0) is 27.6 Å². The molecule has 12 heteroatoms. The van der Waals surface area contributed by atoms with Crippen LogP contribution in [0.5, 0.6) is 5.75 Å². The zero-order valence-corrected chi connectivity index (χ0v) is 29.4. The van der Waals surface area contributed by atoms with Crippen molar-refractivity contribution in [2.24, 2.45) is 5.92 Å². The summed E-state index contributed by atoms with van der Waals surface area (Å²) in [5.41, 5.74) is 6.90. The van der Waals surface area contributed by atoms with E-state index in [1.807, 2.05) is 56.4 Å². The summed E-state index contributed by atoms with van der Waals surface area (Å²) in [6, 6.07) is 26.1. The van der Waals surface area contributed by atoms with Crippen LogP contribution in [0.2, 0.25) is 0 Å². The summed E-state index contributed by atoms with van der Waals surface area (Å²) in [5, 5.41) is 8.01. The van der Waals surface area contributed by atoms with Crippen molar-refractivity contribution in [3.05, 3.63) is 126 Å². The number of aromatic nitrogens is 3. The van der Waals surface area contributed by atoms with Crippen LogP contribution in [0.1, 0.15) is 48.2 Å². The highest BCUT2D eigenvalue weighted by molar-refractivity contribution is 7.83. The highest BCUT2D eigenvalue weighted by Crippen LogP contribution is 2.61. The van der Waals surface area contributed by atoms with Crippen molar-refractivity contribution in [2.75, 3.05) is 5.32 Å². The molecule has 5 atom stereocenters. The van der Waals surface area contributed by atoms with Crippen molar-refractivity contribution in [3.63, 3.8) is 0 Å². The molecule has 262 valence electrons. The number of anilines is 1. The second-order valence-corrected chi connectivity index (χ2v) is 15.6. The number of rotatable bonds is 4. The number of benzene rings is 4. The molecule has 3 aromatic heterocycles. The average molecular weight is 721 g/mol. The molecule has 11 rings (SSSR count). The normalized spacial score (nSPS) is 22.3. The number of nitrogens with one attached hydrogen (secondary N) is 4. The molecule has 7 aromatic rings. The van der Waals surface area contributed by atoms with Gasteiger partial charge in [0.2, 0.25) is 17.7 Å². The van der Waals surface area contributed by atoms with E-state index in [9.17, 15) is 9.00 Å². The number of carbonyl (C=O) groups is 1. The number of H-pyrrole nitrogens is 1. The summed E-state index contributed by atoms with van der Waals surface area (Å²) < 4.78 is 37.2. The summed E-state index contributed by atoms with van der Waals surface area (Å²) in [7, 11) is -1.65. The molecular formula is C41H32N6O5S. The number of para-hydroxylation sites is 1. The van der Waals surface area contributed by atoms with Gasteiger partial charge in [0.1, 0.15) is 34.2 Å². The van der Waals surface area contributed by atoms with Crippen molar-refractivity contribution in [2.45, 2.75) is 48.9 Å². The molecule has 11 nitrogen and oxygen atoms in total. The van der Waals surface area contributed by atoms with Crippen molar-refractivity contribution >= 4 is 33.5 Å². The lowest BCUT2D eigenvalue weighted by Crippen LogP contribution is -2.48. The topological polar surface area (TPSA) is 147 Å². The zero-order chi connectivity index (χ0) is 35.6. The van der Waals surface area contributed by atoms with Crippen LogP contribution in [0.3, 0.4) is 0 Å². The van der Waals surface area contributed by atoms with Crippen LogP contribution >= 0.6 is 0 Å². The summed E-state index contributed by atoms with van der Waals surface area (Å²) in [6.07, 6.45) is 3.33. The number of oxazole rings is 2. The molecule has 1 spiro atoms. The smallest absolute Gasteiger partial charge is 0.249 e. The summed E-state index contributed by atoms with van der Waals surface area (Å²) in [5.74, 6) is 1.93. The Kier molecular flexibility index (Phi) is 6.37. The Morgan fingerprint density at radius 3 is 2.64 bits per heavy atom. The van der Waals surface area contributed by atoms with E-state index in [1.54, 1.807) is 18.3 Å². The minimum atomic E-state index is -1.65. The first-order valence-electron chi connectivity index (χ1n) is 17.7. The highest BCUT2D eigenvalue weighted by atomic mass is 32.2. The van der Waals surface area contributed by atoms with Gasteiger partial charge in [-0.1, -0.05) is 74.5 Å². The summed E-state index contributed by atoms with van der Waals surface area (Å²) in [4.78, 5) is 28.2. The first kappa shape index (κ1) is 30.6. The van der Waals surface area contributed by atoms with Crippen molar-refractivity contribution in [1.29, 1.82) is 0 Å². The molecule has 1 amide bonds. The lowest BCUT2D eigenvalue weighted by atomic mass is 9.72. The van der Waals surface area contributed by atoms with Crippen LogP contribution in [-0.4, -0.2) is 37.3 Å². The molecule has 10 bridgehead atoms. The Bertz CT molecular complexity index is 2680. The molecule has 0 aliphatic carbocycles. The van der Waals surface area contributed by atoms with Gasteiger partial charge < -0.3 is 29.2 Å². The fourth-order valence-electron chi connectivity index (χ4n) is 8.58. The molecule has 0 saturated heterocycles. The third-order valence-corrected chi connectivity index (χ3v) is 12.2. The van der Waals surface area contributed by atoms with Crippen LogP contribution in [0.25, 0.3) is 44.9 Å². The van der Waals surface area contributed by atoms with Gasteiger partial charge in [-0.05, 0) is 47.7 Å². The van der Waals surface area contributed by atoms with E-state index < -0.39 is 34.7 Å². The van der Waals surface area contributed by atoms with E-state index in [0.717, 1.165) is 50.0 Å². The first-order valence-corrected chi connectivity index (χ1v) is 18.8. The molecule has 4 aliphatic heterocycles. The lowest BCUT2D eigenvalue weighted by molar-refractivity contribution is -0.124. The zero-order valence-electron chi connectivity index (χ0n) is 28.6. The monoisotopic (exact) mass is 720 g/mol. The first-order chi connectivity index (χ1) is 25.9. The largest absolute Gasteiger partial charge is 0.469 e. The average Bonchev–Trinajstić information content (AvgIpc) is 4.00. The van der Waals surface area contributed by atoms with Gasteiger partial charge in [-0.2, -0.15) is 0 Å². The van der Waals surface area contributed by atoms with Gasteiger partial charge in [0.25, 0.3) is 0 Å². The number of fused-ring (bicyclic) bond motifs is 7. The highest BCUT2D eigenvalue weighted by Gasteiger charge is 2.61. The van der Waals surface area contributed by atoms with E-state index in [0.29, 0.717) is 39.6 Å². The number of carbonyl (C=O) groups excluding carboxylic acids is 1. The van der Waals surface area contributed by atoms with Crippen molar-refractivity contribution in [1.82, 2.24) is 25.0 Å². The number of ether oxygens (including phenoxy) is 1. The maximum Gasteiger partial charge on any atom is 0.249 e. The molecule has 4 aromatic carbocycles. The fourth-order valence-corrected chi connectivity index (χ4v) is 9.57. The second kappa shape index (κ2) is 11.0. The minimum Gasteiger partial charge on any atom is -0.469 e. The van der Waals surface area contributed by atoms with Gasteiger partial charge >= 0.3 is 0 Å². The standard InChI is InChI=1S/C41H32N6O5S/c1-20(2)33-39-45-35-36(52-39)41-26-12-6-11-24(23-10-7-13-28-32(23)25(18-42-28)31-19-43-38(35)50-31)34(26)46-40(41)51-30-15-14-21(16-27(30)41)17-29(37(48)44-33)47-53(49)22-8-4-3-5-9-22/h3-16,18-20,29,33,40,42,46-47H,17H2,1-2H3,(H,44,48)/t29-,33-,40?,41?,53?/m0/s1. The molecule has 4 N–H and O–H groups in total. The predicted octanol–water partition coefficient (Wildman–Crippen LogP) is 6.99. The number of amides is 1. The van der Waals surface area contributed by atoms with Gasteiger partial charge in [0.05, 0.1) is 11.1 Å². The van der Waals surface area contributed by atoms with E-state index >= 15 is 0 Å². The summed E-state index contributed by atoms with van der Waals surface area (Å²) in [6.45, 7) is 4.01. The molecule has 4 aliphatic rings. The maximum absolute atomic E-state index is 14.3. The lowest BCUT2D eigenvalue weighted by Gasteiger charge is -2.28. The van der Waals surface area contributed by atoms with Crippen LogP contribution in [0.15, 0.2) is 111 Å². The van der Waals surface area contributed by atoms with Crippen molar-refractivity contribution < 1.29 is 22.6 Å². The molecule has 0 fully saturated rings. The third-order valence-electron chi connectivity index (χ3n) is 11.0. The number of nitrogens with zero attached hydrogens (tertiary/aromatic N) is 2. The molecule has 7 heterocycles. The Labute approximate surface area is 305 Å². The van der Waals surface area contributed by atoms with Gasteiger partial charge in [0.15, 0.2) is 23.4 Å². The van der Waals surface area contributed by atoms with E-state index in [2.05, 4.69) is 56.7 Å². The predicted molar refractivity (Wildman–Crippen MR) is 198 cm³/mol. The third kappa shape index (κ3) is 4.24. The Balaban J connectivity index is 1.20. The van der Waals surface area contributed by atoms with Gasteiger partial charge in [-0.15, -0.1) is 0 Å². The van der Waals surface area contributed by atoms with Gasteiger partial charge in [-0.25, -0.2) is 18.9 Å². The molecule has 3 unspecified atom stereocenters. The Hall–Kier alpha value is -5.98. The number of aromatic amines is 1. The van der Waals surface area contributed by atoms with Gasteiger partial charge in [-0.3, -0.25) is 4.79 Å². The SMILES string of the molecule is CC(C)[C@@H]1NC(=O)[C@@H](NS(=O)c2ccccc2)Cc2ccc3c(c2)C24c5cccc(c5NC2O3)-c2cccc3[nH]cc(c23)-c2cnc(o2)-c2nc1oc24. The van der Waals surface area contributed by atoms with Crippen LogP contribution in [0, 0.1) is 5.92 Å². The van der Waals surface area contributed by atoms with E-state index in [4.69, 9.17) is 23.5 Å². The van der Waals surface area contributed by atoms with Gasteiger partial charge in [0, 0.05) is 45.0 Å². The van der Waals surface area contributed by atoms with E-state index in [-0.39, 0.29) is 18.2 Å². The van der Waals surface area contributed by atoms with Crippen molar-refractivity contribution in [3.8, 4) is 39.8 Å². The van der Waals surface area contributed by atoms with Crippen LogP contribution in [0.4, 0.5) is 5.69 Å². The Morgan fingerprint density at radius 1 is 0.925 bits per heavy atom. The number of hydrogen-bond donors (Lipinski definition) is 4. The minimum absolute atomic E-state index is 0.131. The quantitative estimate of drug-likeness (QED) is 0.152. The molecule has 0 saturated carbocycles. The fraction of sp³-hybridized carbons (Fsp3) is 0.195. The Morgan fingerprint density at radius 2 is 1.77 bits per heavy atom. The number of hydrogen-bond acceptors (Lipinski definition) is 8. The van der Waals surface area contributed by atoms with Crippen LogP contribution < -0.4 is 20.1 Å². The maximum atomic E-state index is 14.3. The molecular weight excluding hydrogens is 689 g/mol. The van der Waals surface area contributed by atoms with E-state index in [1.165, 1.54) is 0 Å². The molecule has 53 heavy (non-hydrogen) atoms.